The van der Waals surface area contributed by atoms with E-state index >= 15 is 0 Å². The molecule has 1 fully saturated rings. The molecular weight excluding hydrogens is 328 g/mol. The summed E-state index contributed by atoms with van der Waals surface area (Å²) >= 11 is 0. The van der Waals surface area contributed by atoms with E-state index in [1.807, 2.05) is 30.3 Å². The van der Waals surface area contributed by atoms with Crippen molar-refractivity contribution in [1.82, 2.24) is 19.6 Å². The first kappa shape index (κ1) is 17.9. The number of carbonyl (C=O) groups excluding carboxylic acids is 1. The van der Waals surface area contributed by atoms with E-state index in [4.69, 9.17) is 6.42 Å². The van der Waals surface area contributed by atoms with Gasteiger partial charge in [0.2, 0.25) is 5.43 Å². The lowest BCUT2D eigenvalue weighted by Crippen LogP contribution is -2.50. The Labute approximate surface area is 153 Å². The smallest absolute Gasteiger partial charge is 0.278 e. The van der Waals surface area contributed by atoms with Crippen LogP contribution in [0.2, 0.25) is 0 Å². The minimum atomic E-state index is -0.338. The quantitative estimate of drug-likeness (QED) is 0.781. The predicted molar refractivity (Wildman–Crippen MR) is 100 cm³/mol. The highest BCUT2D eigenvalue weighted by molar-refractivity contribution is 5.92. The Morgan fingerprint density at radius 1 is 1.19 bits per heavy atom. The molecule has 1 aromatic heterocycles. The van der Waals surface area contributed by atoms with Gasteiger partial charge in [0.15, 0.2) is 5.69 Å². The van der Waals surface area contributed by atoms with Crippen molar-refractivity contribution in [3.63, 3.8) is 0 Å². The van der Waals surface area contributed by atoms with Crippen molar-refractivity contribution >= 4 is 5.91 Å². The van der Waals surface area contributed by atoms with Crippen LogP contribution in [0.3, 0.4) is 0 Å². The Bertz CT molecular complexity index is 875. The maximum atomic E-state index is 12.8. The molecule has 6 heteroatoms. The van der Waals surface area contributed by atoms with Crippen molar-refractivity contribution in [2.24, 2.45) is 0 Å². The Hall–Kier alpha value is -2.91. The summed E-state index contributed by atoms with van der Waals surface area (Å²) in [5.41, 5.74) is 1.14. The van der Waals surface area contributed by atoms with Crippen LogP contribution in [0, 0.1) is 19.3 Å². The van der Waals surface area contributed by atoms with E-state index in [0.29, 0.717) is 25.2 Å². The number of hydrogen-bond donors (Lipinski definition) is 0. The summed E-state index contributed by atoms with van der Waals surface area (Å²) in [7, 11) is 0. The molecule has 134 valence electrons. The third kappa shape index (κ3) is 3.84. The van der Waals surface area contributed by atoms with E-state index in [0.717, 1.165) is 25.3 Å². The molecule has 0 atom stereocenters. The minimum absolute atomic E-state index is 0.0310. The molecule has 2 aromatic rings. The number of rotatable bonds is 4. The molecule has 1 aromatic carbocycles. The number of hydrogen-bond acceptors (Lipinski definition) is 4. The van der Waals surface area contributed by atoms with E-state index in [1.54, 1.807) is 16.5 Å². The number of benzene rings is 1. The molecule has 0 spiro atoms. The maximum Gasteiger partial charge on any atom is 0.278 e. The van der Waals surface area contributed by atoms with E-state index in [2.05, 4.69) is 15.9 Å². The summed E-state index contributed by atoms with van der Waals surface area (Å²) in [5.74, 6) is 2.32. The molecule has 6 nitrogen and oxygen atoms in total. The number of piperazine rings is 1. The van der Waals surface area contributed by atoms with Crippen LogP contribution in [0.15, 0.2) is 41.2 Å². The molecule has 0 aliphatic carbocycles. The van der Waals surface area contributed by atoms with Crippen molar-refractivity contribution in [3.05, 3.63) is 58.0 Å². The second kappa shape index (κ2) is 7.98. The van der Waals surface area contributed by atoms with E-state index in [-0.39, 0.29) is 17.0 Å². The fourth-order valence-corrected chi connectivity index (χ4v) is 3.07. The van der Waals surface area contributed by atoms with Gasteiger partial charge in [-0.15, -0.1) is 12.3 Å². The van der Waals surface area contributed by atoms with Crippen LogP contribution in [-0.2, 0) is 0 Å². The lowest BCUT2D eigenvalue weighted by Gasteiger charge is -2.34. The van der Waals surface area contributed by atoms with Crippen LogP contribution in [0.1, 0.15) is 22.6 Å². The highest BCUT2D eigenvalue weighted by Gasteiger charge is 2.25. The van der Waals surface area contributed by atoms with E-state index in [1.165, 1.54) is 6.07 Å². The highest BCUT2D eigenvalue weighted by Crippen LogP contribution is 2.10. The molecule has 3 rings (SSSR count). The largest absolute Gasteiger partial charge is 0.335 e. The topological polar surface area (TPSA) is 58.4 Å². The Morgan fingerprint density at radius 2 is 1.88 bits per heavy atom. The van der Waals surface area contributed by atoms with Gasteiger partial charge in [0, 0.05) is 50.9 Å². The summed E-state index contributed by atoms with van der Waals surface area (Å²) in [6.07, 6.45) is 6.01. The molecule has 0 bridgehead atoms. The normalized spacial score (nSPS) is 14.8. The molecule has 1 aliphatic rings. The maximum absolute atomic E-state index is 12.8. The molecule has 0 unspecified atom stereocenters. The van der Waals surface area contributed by atoms with Crippen molar-refractivity contribution in [2.75, 3.05) is 32.7 Å². The molecule has 26 heavy (non-hydrogen) atoms. The number of terminal acetylenes is 1. The van der Waals surface area contributed by atoms with Crippen LogP contribution in [0.5, 0.6) is 0 Å². The number of amides is 1. The Kier molecular flexibility index (Phi) is 5.49. The standard InChI is InChI=1S/C20H22N4O2/c1-3-4-10-22-11-13-23(14-12-22)20(26)19-18(25)15-16(2)24(21-19)17-8-6-5-7-9-17/h1,5-9,15H,4,10-14H2,2H3. The monoisotopic (exact) mass is 350 g/mol. The van der Waals surface area contributed by atoms with E-state index in [9.17, 15) is 9.59 Å². The SMILES string of the molecule is C#CCCN1CCN(C(=O)c2nn(-c3ccccc3)c(C)cc2=O)CC1. The molecule has 1 amide bonds. The second-order valence-electron chi connectivity index (χ2n) is 6.33. The third-order valence-corrected chi connectivity index (χ3v) is 4.54. The summed E-state index contributed by atoms with van der Waals surface area (Å²) in [5, 5.41) is 4.36. The molecule has 1 saturated heterocycles. The van der Waals surface area contributed by atoms with Crippen molar-refractivity contribution in [1.29, 1.82) is 0 Å². The fourth-order valence-electron chi connectivity index (χ4n) is 3.07. The number of para-hydroxylation sites is 1. The van der Waals surface area contributed by atoms with Gasteiger partial charge < -0.3 is 4.90 Å². The summed E-state index contributed by atoms with van der Waals surface area (Å²) < 4.78 is 1.64. The number of nitrogens with zero attached hydrogens (tertiary/aromatic N) is 4. The Balaban J connectivity index is 1.80. The first-order chi connectivity index (χ1) is 12.6. The van der Waals surface area contributed by atoms with Gasteiger partial charge in [-0.25, -0.2) is 4.68 Å². The van der Waals surface area contributed by atoms with Gasteiger partial charge in [0.05, 0.1) is 5.69 Å². The second-order valence-corrected chi connectivity index (χ2v) is 6.33. The first-order valence-electron chi connectivity index (χ1n) is 8.71. The van der Waals surface area contributed by atoms with Crippen molar-refractivity contribution < 1.29 is 4.79 Å². The van der Waals surface area contributed by atoms with Crippen LogP contribution >= 0.6 is 0 Å². The van der Waals surface area contributed by atoms with Gasteiger partial charge >= 0.3 is 0 Å². The first-order valence-corrected chi connectivity index (χ1v) is 8.71. The number of aryl methyl sites for hydroxylation is 1. The molecule has 0 radical (unpaired) electrons. The van der Waals surface area contributed by atoms with Gasteiger partial charge in [-0.05, 0) is 19.1 Å². The van der Waals surface area contributed by atoms with Gasteiger partial charge in [-0.1, -0.05) is 18.2 Å². The molecule has 0 saturated carbocycles. The summed E-state index contributed by atoms with van der Waals surface area (Å²) in [6.45, 7) is 5.30. The van der Waals surface area contributed by atoms with Gasteiger partial charge in [-0.3, -0.25) is 14.5 Å². The lowest BCUT2D eigenvalue weighted by molar-refractivity contribution is 0.0630. The van der Waals surface area contributed by atoms with Gasteiger partial charge in [0.1, 0.15) is 0 Å². The zero-order valence-corrected chi connectivity index (χ0v) is 14.9. The van der Waals surface area contributed by atoms with Crippen molar-refractivity contribution in [3.8, 4) is 18.0 Å². The molecule has 2 heterocycles. The fraction of sp³-hybridized carbons (Fsp3) is 0.350. The van der Waals surface area contributed by atoms with E-state index < -0.39 is 0 Å². The van der Waals surface area contributed by atoms with Gasteiger partial charge in [0.25, 0.3) is 5.91 Å². The van der Waals surface area contributed by atoms with Crippen LogP contribution < -0.4 is 5.43 Å². The number of aromatic nitrogens is 2. The average molecular weight is 350 g/mol. The lowest BCUT2D eigenvalue weighted by atomic mass is 10.2. The van der Waals surface area contributed by atoms with Crippen LogP contribution in [-0.4, -0.2) is 58.2 Å². The summed E-state index contributed by atoms with van der Waals surface area (Å²) in [6, 6.07) is 11.0. The highest BCUT2D eigenvalue weighted by atomic mass is 16.2. The zero-order valence-electron chi connectivity index (χ0n) is 14.9. The minimum Gasteiger partial charge on any atom is -0.335 e. The third-order valence-electron chi connectivity index (χ3n) is 4.54. The molecule has 0 N–H and O–H groups in total. The molecule has 1 aliphatic heterocycles. The predicted octanol–water partition coefficient (Wildman–Crippen LogP) is 1.32. The molecular formula is C20H22N4O2. The zero-order chi connectivity index (χ0) is 18.5. The van der Waals surface area contributed by atoms with Crippen LogP contribution in [0.4, 0.5) is 0 Å². The van der Waals surface area contributed by atoms with Gasteiger partial charge in [-0.2, -0.15) is 5.10 Å². The summed E-state index contributed by atoms with van der Waals surface area (Å²) in [4.78, 5) is 29.1. The van der Waals surface area contributed by atoms with Crippen molar-refractivity contribution in [2.45, 2.75) is 13.3 Å². The Morgan fingerprint density at radius 3 is 2.54 bits per heavy atom. The average Bonchev–Trinajstić information content (AvgIpc) is 2.67. The van der Waals surface area contributed by atoms with Crippen LogP contribution in [0.25, 0.3) is 5.69 Å². The number of carbonyl (C=O) groups is 1.